The van der Waals surface area contributed by atoms with Gasteiger partial charge in [-0.3, -0.25) is 9.97 Å². The van der Waals surface area contributed by atoms with Crippen LogP contribution in [0.5, 0.6) is 0 Å². The van der Waals surface area contributed by atoms with Crippen LogP contribution < -0.4 is 0 Å². The zero-order chi connectivity index (χ0) is 17.8. The van der Waals surface area contributed by atoms with Crippen molar-refractivity contribution in [1.29, 1.82) is 0 Å². The van der Waals surface area contributed by atoms with Gasteiger partial charge in [0.2, 0.25) is 0 Å². The monoisotopic (exact) mass is 338 g/mol. The molecule has 0 aromatic carbocycles. The Kier molecular flexibility index (Phi) is 4.88. The number of allylic oxidation sites excluding steroid dienone is 2. The quantitative estimate of drug-likeness (QED) is 0.630. The van der Waals surface area contributed by atoms with E-state index in [1.807, 2.05) is 0 Å². The molecule has 0 N–H and O–H groups in total. The summed E-state index contributed by atoms with van der Waals surface area (Å²) in [5, 5.41) is 0. The molecule has 2 aromatic heterocycles. The number of ether oxygens (including phenoxy) is 2. The van der Waals surface area contributed by atoms with Gasteiger partial charge in [-0.1, -0.05) is 12.2 Å². The highest BCUT2D eigenvalue weighted by molar-refractivity contribution is 5.89. The first-order valence-corrected chi connectivity index (χ1v) is 7.89. The normalized spacial score (nSPS) is 18.8. The number of hydrogen-bond donors (Lipinski definition) is 0. The van der Waals surface area contributed by atoms with Crippen molar-refractivity contribution < 1.29 is 19.1 Å². The van der Waals surface area contributed by atoms with Crippen molar-refractivity contribution in [3.05, 3.63) is 71.3 Å². The second kappa shape index (κ2) is 7.25. The molecule has 128 valence electrons. The number of pyridine rings is 2. The molecule has 0 amide bonds. The molecular weight excluding hydrogens is 320 g/mol. The van der Waals surface area contributed by atoms with Gasteiger partial charge < -0.3 is 9.47 Å². The third-order valence-electron chi connectivity index (χ3n) is 4.29. The summed E-state index contributed by atoms with van der Waals surface area (Å²) < 4.78 is 9.55. The van der Waals surface area contributed by atoms with Gasteiger partial charge in [0.1, 0.15) is 0 Å². The van der Waals surface area contributed by atoms with E-state index < -0.39 is 11.9 Å². The third kappa shape index (κ3) is 3.42. The number of aromatic nitrogens is 2. The predicted octanol–water partition coefficient (Wildman–Crippen LogP) is 2.88. The van der Waals surface area contributed by atoms with Crippen LogP contribution in [0.4, 0.5) is 0 Å². The van der Waals surface area contributed by atoms with E-state index in [1.165, 1.54) is 14.2 Å². The maximum absolute atomic E-state index is 11.8. The van der Waals surface area contributed by atoms with E-state index in [9.17, 15) is 9.59 Å². The van der Waals surface area contributed by atoms with Crippen LogP contribution in [0.2, 0.25) is 0 Å². The summed E-state index contributed by atoms with van der Waals surface area (Å²) >= 11 is 0. The summed E-state index contributed by atoms with van der Waals surface area (Å²) in [5.74, 6) is -0.764. The highest BCUT2D eigenvalue weighted by Gasteiger charge is 2.29. The van der Waals surface area contributed by atoms with Crippen LogP contribution in [0, 0.1) is 0 Å². The first-order valence-electron chi connectivity index (χ1n) is 7.89. The number of esters is 2. The Bertz CT molecular complexity index is 832. The van der Waals surface area contributed by atoms with Crippen LogP contribution in [0.15, 0.2) is 48.8 Å². The minimum absolute atomic E-state index is 0.0231. The molecule has 0 aliphatic heterocycles. The number of nitrogens with zero attached hydrogens (tertiary/aromatic N) is 2. The van der Waals surface area contributed by atoms with Crippen molar-refractivity contribution in [1.82, 2.24) is 9.97 Å². The second-order valence-corrected chi connectivity index (χ2v) is 5.72. The molecule has 2 unspecified atom stereocenters. The van der Waals surface area contributed by atoms with E-state index in [1.54, 1.807) is 36.7 Å². The molecule has 2 aromatic rings. The van der Waals surface area contributed by atoms with E-state index in [4.69, 9.17) is 9.47 Å². The summed E-state index contributed by atoms with van der Waals surface area (Å²) in [5.41, 5.74) is 2.49. The standard InChI is InChI=1S/C19H18N2O4/c1-24-18(22)12-6-8-20-16(10-12)14-4-3-5-15(14)17-11-13(7-9-21-17)19(23)25-2/h3-4,6-11,14-15H,5H2,1-2H3. The Hall–Kier alpha value is -3.02. The zero-order valence-corrected chi connectivity index (χ0v) is 14.0. The molecule has 6 heteroatoms. The van der Waals surface area contributed by atoms with Gasteiger partial charge in [0, 0.05) is 35.6 Å². The van der Waals surface area contributed by atoms with Gasteiger partial charge in [-0.05, 0) is 30.7 Å². The maximum Gasteiger partial charge on any atom is 0.337 e. The van der Waals surface area contributed by atoms with Crippen molar-refractivity contribution in [2.24, 2.45) is 0 Å². The van der Waals surface area contributed by atoms with Crippen molar-refractivity contribution in [2.45, 2.75) is 18.3 Å². The Balaban J connectivity index is 1.92. The van der Waals surface area contributed by atoms with E-state index in [0.717, 1.165) is 17.8 Å². The second-order valence-electron chi connectivity index (χ2n) is 5.72. The molecule has 1 aliphatic rings. The van der Waals surface area contributed by atoms with Crippen molar-refractivity contribution in [3.8, 4) is 0 Å². The molecule has 3 rings (SSSR count). The lowest BCUT2D eigenvalue weighted by molar-refractivity contribution is 0.0591. The van der Waals surface area contributed by atoms with E-state index in [0.29, 0.717) is 11.1 Å². The van der Waals surface area contributed by atoms with Gasteiger partial charge >= 0.3 is 11.9 Å². The van der Waals surface area contributed by atoms with Gasteiger partial charge in [0.15, 0.2) is 0 Å². The Labute approximate surface area is 145 Å². The average Bonchev–Trinajstić information content (AvgIpc) is 3.16. The molecule has 6 nitrogen and oxygen atoms in total. The van der Waals surface area contributed by atoms with Gasteiger partial charge in [0.25, 0.3) is 0 Å². The molecule has 0 radical (unpaired) electrons. The third-order valence-corrected chi connectivity index (χ3v) is 4.29. The van der Waals surface area contributed by atoms with Crippen LogP contribution in [0.1, 0.15) is 50.4 Å². The lowest BCUT2D eigenvalue weighted by Crippen LogP contribution is -2.11. The summed E-state index contributed by atoms with van der Waals surface area (Å²) in [6, 6.07) is 6.74. The molecule has 1 aliphatic carbocycles. The number of carbonyl (C=O) groups is 2. The fourth-order valence-electron chi connectivity index (χ4n) is 3.03. The Morgan fingerprint density at radius 3 is 2.12 bits per heavy atom. The fourth-order valence-corrected chi connectivity index (χ4v) is 3.03. The SMILES string of the molecule is COC(=O)c1ccnc(C2C=CCC2c2cc(C(=O)OC)ccn2)c1. The number of carbonyl (C=O) groups excluding carboxylic acids is 2. The van der Waals surface area contributed by atoms with Gasteiger partial charge in [-0.2, -0.15) is 0 Å². The van der Waals surface area contributed by atoms with Crippen LogP contribution >= 0.6 is 0 Å². The molecule has 0 spiro atoms. The lowest BCUT2D eigenvalue weighted by Gasteiger charge is -2.19. The first-order chi connectivity index (χ1) is 12.1. The van der Waals surface area contributed by atoms with Crippen LogP contribution in [-0.4, -0.2) is 36.1 Å². The molecule has 2 heterocycles. The summed E-state index contributed by atoms with van der Waals surface area (Å²) in [6.45, 7) is 0. The summed E-state index contributed by atoms with van der Waals surface area (Å²) in [6.07, 6.45) is 8.11. The molecule has 2 atom stereocenters. The van der Waals surface area contributed by atoms with Crippen LogP contribution in [0.3, 0.4) is 0 Å². The van der Waals surface area contributed by atoms with E-state index >= 15 is 0 Å². The smallest absolute Gasteiger partial charge is 0.337 e. The van der Waals surface area contributed by atoms with Gasteiger partial charge in [-0.25, -0.2) is 9.59 Å². The zero-order valence-electron chi connectivity index (χ0n) is 14.0. The highest BCUT2D eigenvalue weighted by Crippen LogP contribution is 2.40. The molecule has 0 fully saturated rings. The minimum atomic E-state index is -0.395. The Morgan fingerprint density at radius 2 is 1.52 bits per heavy atom. The van der Waals surface area contributed by atoms with Crippen molar-refractivity contribution in [2.75, 3.05) is 14.2 Å². The number of rotatable bonds is 4. The van der Waals surface area contributed by atoms with E-state index in [2.05, 4.69) is 22.1 Å². The van der Waals surface area contributed by atoms with E-state index in [-0.39, 0.29) is 11.8 Å². The first kappa shape index (κ1) is 16.8. The highest BCUT2D eigenvalue weighted by atomic mass is 16.5. The Morgan fingerprint density at radius 1 is 0.960 bits per heavy atom. The minimum Gasteiger partial charge on any atom is -0.465 e. The largest absolute Gasteiger partial charge is 0.465 e. The van der Waals surface area contributed by atoms with Gasteiger partial charge in [0.05, 0.1) is 25.3 Å². The van der Waals surface area contributed by atoms with Crippen LogP contribution in [-0.2, 0) is 9.47 Å². The summed E-state index contributed by atoms with van der Waals surface area (Å²) in [4.78, 5) is 32.3. The molecule has 0 bridgehead atoms. The molecular formula is C19H18N2O4. The van der Waals surface area contributed by atoms with Crippen LogP contribution in [0.25, 0.3) is 0 Å². The fraction of sp³-hybridized carbons (Fsp3) is 0.263. The van der Waals surface area contributed by atoms with Crippen molar-refractivity contribution in [3.63, 3.8) is 0 Å². The molecule has 0 saturated carbocycles. The maximum atomic E-state index is 11.8. The lowest BCUT2D eigenvalue weighted by atomic mass is 9.88. The molecule has 25 heavy (non-hydrogen) atoms. The number of methoxy groups -OCH3 is 2. The molecule has 0 saturated heterocycles. The average molecular weight is 338 g/mol. The topological polar surface area (TPSA) is 78.4 Å². The number of hydrogen-bond acceptors (Lipinski definition) is 6. The van der Waals surface area contributed by atoms with Gasteiger partial charge in [-0.15, -0.1) is 0 Å². The predicted molar refractivity (Wildman–Crippen MR) is 90.4 cm³/mol. The summed E-state index contributed by atoms with van der Waals surface area (Å²) in [7, 11) is 2.70. The van der Waals surface area contributed by atoms with Crippen molar-refractivity contribution >= 4 is 11.9 Å².